The van der Waals surface area contributed by atoms with E-state index in [2.05, 4.69) is 35.5 Å². The van der Waals surface area contributed by atoms with Crippen LogP contribution in [0.25, 0.3) is 0 Å². The molecule has 7 N–H and O–H groups in total. The summed E-state index contributed by atoms with van der Waals surface area (Å²) in [7, 11) is -5.12. The summed E-state index contributed by atoms with van der Waals surface area (Å²) in [6.07, 6.45) is 35.4. The van der Waals surface area contributed by atoms with Crippen LogP contribution in [0.1, 0.15) is 226 Å². The normalized spacial score (nSPS) is 20.9. The number of carbonyl (C=O) groups excluding carboxylic acids is 1. The SMILES string of the molecule is CCCCCCCCCCCCCCC/C=C/CC/C=C/C(O)C(COC1OC(CO)C(O)C(OS(=O)(=O)O)C1O)NC(=O)C(O)CCCCCCCCCCCCCCCCCC. The zero-order valence-electron chi connectivity index (χ0n) is 40.2. The number of allylic oxidation sites excluding steroid dienone is 3. The number of carbonyl (C=O) groups is 1. The first kappa shape index (κ1) is 60.6. The van der Waals surface area contributed by atoms with E-state index in [1.807, 2.05) is 0 Å². The van der Waals surface area contributed by atoms with Gasteiger partial charge in [-0.25, -0.2) is 4.18 Å². The summed E-state index contributed by atoms with van der Waals surface area (Å²) in [5.74, 6) is -0.709. The number of amides is 1. The number of unbranched alkanes of at least 4 members (excludes halogenated alkanes) is 29. The molecule has 1 amide bonds. The van der Waals surface area contributed by atoms with E-state index < -0.39 is 78.5 Å². The Morgan fingerprint density at radius 2 is 1.05 bits per heavy atom. The molecule has 0 bridgehead atoms. The molecule has 378 valence electrons. The number of hydrogen-bond acceptors (Lipinski definition) is 11. The fraction of sp³-hybridized carbons (Fsp3) is 0.900. The topological polar surface area (TPSA) is 212 Å². The first-order valence-corrected chi connectivity index (χ1v) is 27.2. The highest BCUT2D eigenvalue weighted by molar-refractivity contribution is 7.80. The van der Waals surface area contributed by atoms with Crippen molar-refractivity contribution in [3.63, 3.8) is 0 Å². The third-order valence-electron chi connectivity index (χ3n) is 12.3. The summed E-state index contributed by atoms with van der Waals surface area (Å²) in [5, 5.41) is 55.3. The molecule has 0 saturated carbocycles. The lowest BCUT2D eigenvalue weighted by Crippen LogP contribution is -2.61. The Balaban J connectivity index is 2.54. The molecule has 0 aromatic rings. The van der Waals surface area contributed by atoms with E-state index in [-0.39, 0.29) is 6.42 Å². The van der Waals surface area contributed by atoms with Gasteiger partial charge in [0.2, 0.25) is 5.91 Å². The second-order valence-electron chi connectivity index (χ2n) is 18.3. The van der Waals surface area contributed by atoms with E-state index in [9.17, 15) is 43.3 Å². The lowest BCUT2D eigenvalue weighted by Gasteiger charge is -2.41. The smallest absolute Gasteiger partial charge is 0.394 e. The van der Waals surface area contributed by atoms with Crippen LogP contribution in [0.5, 0.6) is 0 Å². The lowest BCUT2D eigenvalue weighted by atomic mass is 9.99. The third-order valence-corrected chi connectivity index (χ3v) is 12.8. The Labute approximate surface area is 389 Å². The van der Waals surface area contributed by atoms with Crippen LogP contribution in [0.3, 0.4) is 0 Å². The predicted octanol–water partition coefficient (Wildman–Crippen LogP) is 9.86. The second kappa shape index (κ2) is 40.6. The van der Waals surface area contributed by atoms with Crippen LogP contribution in [0, 0.1) is 0 Å². The molecule has 1 heterocycles. The average Bonchev–Trinajstić information content (AvgIpc) is 3.27. The quantitative estimate of drug-likeness (QED) is 0.0173. The van der Waals surface area contributed by atoms with Gasteiger partial charge in [-0.05, 0) is 32.1 Å². The summed E-state index contributed by atoms with van der Waals surface area (Å²) in [6.45, 7) is 3.23. The molecule has 0 aliphatic carbocycles. The van der Waals surface area contributed by atoms with Crippen LogP contribution in [0.15, 0.2) is 24.3 Å². The highest BCUT2D eigenvalue weighted by atomic mass is 32.3. The van der Waals surface area contributed by atoms with Crippen LogP contribution in [0.2, 0.25) is 0 Å². The number of nitrogens with one attached hydrogen (secondary N) is 1. The van der Waals surface area contributed by atoms with Crippen molar-refractivity contribution < 1.29 is 57.0 Å². The van der Waals surface area contributed by atoms with E-state index in [0.29, 0.717) is 12.8 Å². The average molecular weight is 934 g/mol. The number of aliphatic hydroxyl groups excluding tert-OH is 5. The summed E-state index contributed by atoms with van der Waals surface area (Å²) in [4.78, 5) is 13.1. The van der Waals surface area contributed by atoms with Crippen molar-refractivity contribution in [1.29, 1.82) is 0 Å². The van der Waals surface area contributed by atoms with Crippen molar-refractivity contribution in [2.75, 3.05) is 13.2 Å². The molecule has 1 fully saturated rings. The Kier molecular flexibility index (Phi) is 38.4. The van der Waals surface area contributed by atoms with Gasteiger partial charge in [-0.15, -0.1) is 0 Å². The molecule has 1 aliphatic rings. The van der Waals surface area contributed by atoms with Crippen LogP contribution in [-0.4, -0.2) is 107 Å². The largest absolute Gasteiger partial charge is 0.397 e. The summed E-state index contributed by atoms with van der Waals surface area (Å²) in [6, 6.07) is -1.13. The van der Waals surface area contributed by atoms with Gasteiger partial charge in [0, 0.05) is 0 Å². The molecule has 13 nitrogen and oxygen atoms in total. The maximum absolute atomic E-state index is 13.1. The van der Waals surface area contributed by atoms with Gasteiger partial charge < -0.3 is 40.3 Å². The monoisotopic (exact) mass is 934 g/mol. The fourth-order valence-corrected chi connectivity index (χ4v) is 8.75. The molecular formula is C50H95NO12S. The predicted molar refractivity (Wildman–Crippen MR) is 256 cm³/mol. The molecule has 1 aliphatic heterocycles. The number of rotatable bonds is 44. The minimum Gasteiger partial charge on any atom is -0.394 e. The maximum Gasteiger partial charge on any atom is 0.397 e. The highest BCUT2D eigenvalue weighted by Gasteiger charge is 2.48. The van der Waals surface area contributed by atoms with Crippen molar-refractivity contribution in [3.05, 3.63) is 24.3 Å². The second-order valence-corrected chi connectivity index (χ2v) is 19.3. The van der Waals surface area contributed by atoms with E-state index in [0.717, 1.165) is 38.5 Å². The van der Waals surface area contributed by atoms with Gasteiger partial charge in [0.1, 0.15) is 30.5 Å². The van der Waals surface area contributed by atoms with E-state index in [1.165, 1.54) is 160 Å². The van der Waals surface area contributed by atoms with Crippen LogP contribution in [0.4, 0.5) is 0 Å². The van der Waals surface area contributed by atoms with Gasteiger partial charge in [-0.1, -0.05) is 218 Å². The fourth-order valence-electron chi connectivity index (χ4n) is 8.24. The highest BCUT2D eigenvalue weighted by Crippen LogP contribution is 2.26. The first-order valence-electron chi connectivity index (χ1n) is 25.8. The van der Waals surface area contributed by atoms with Crippen LogP contribution < -0.4 is 5.32 Å². The Morgan fingerprint density at radius 1 is 0.625 bits per heavy atom. The summed E-state index contributed by atoms with van der Waals surface area (Å²) in [5.41, 5.74) is 0. The van der Waals surface area contributed by atoms with Crippen molar-refractivity contribution in [2.45, 2.75) is 275 Å². The van der Waals surface area contributed by atoms with Gasteiger partial charge >= 0.3 is 10.4 Å². The van der Waals surface area contributed by atoms with Crippen LogP contribution >= 0.6 is 0 Å². The minimum absolute atomic E-state index is 0.241. The zero-order chi connectivity index (χ0) is 47.1. The zero-order valence-corrected chi connectivity index (χ0v) is 41.0. The van der Waals surface area contributed by atoms with Gasteiger partial charge in [-0.2, -0.15) is 8.42 Å². The summed E-state index contributed by atoms with van der Waals surface area (Å²) >= 11 is 0. The molecule has 1 rings (SSSR count). The van der Waals surface area contributed by atoms with Crippen molar-refractivity contribution in [1.82, 2.24) is 5.32 Å². The first-order chi connectivity index (χ1) is 30.9. The standard InChI is InChI=1S/C50H95NO12S/c1-3-5-7-9-11-13-15-17-19-21-22-23-25-26-28-30-32-34-36-38-43(53)42(41-61-50-47(56)48(63-64(58,59)60)46(55)45(40-52)62-50)51-49(57)44(54)39-37-35-33-31-29-27-24-20-18-16-14-12-10-8-6-4-2/h28,30,36,38,42-48,50,52-56H,3-27,29,31-35,37,39-41H2,1-2H3,(H,51,57)(H,58,59,60)/b30-28+,38-36+. The Bertz CT molecular complexity index is 1250. The lowest BCUT2D eigenvalue weighted by molar-refractivity contribution is -0.298. The van der Waals surface area contributed by atoms with Crippen LogP contribution in [-0.2, 0) is 28.9 Å². The van der Waals surface area contributed by atoms with Gasteiger partial charge in [0.25, 0.3) is 0 Å². The molecular weight excluding hydrogens is 839 g/mol. The Hall–Kier alpha value is -1.46. The molecule has 1 saturated heterocycles. The van der Waals surface area contributed by atoms with Gasteiger partial charge in [-0.3, -0.25) is 9.35 Å². The third kappa shape index (κ3) is 32.3. The maximum atomic E-state index is 13.1. The minimum atomic E-state index is -5.12. The molecule has 8 unspecified atom stereocenters. The van der Waals surface area contributed by atoms with E-state index in [4.69, 9.17) is 9.47 Å². The van der Waals surface area contributed by atoms with Crippen molar-refractivity contribution >= 4 is 16.3 Å². The molecule has 0 radical (unpaired) electrons. The molecule has 0 aromatic carbocycles. The molecule has 0 aromatic heterocycles. The molecule has 0 spiro atoms. The van der Waals surface area contributed by atoms with Gasteiger partial charge in [0.05, 0.1) is 25.4 Å². The van der Waals surface area contributed by atoms with E-state index >= 15 is 0 Å². The molecule has 14 heteroatoms. The van der Waals surface area contributed by atoms with Gasteiger partial charge in [0.15, 0.2) is 6.29 Å². The number of aliphatic hydroxyl groups is 5. The number of hydrogen-bond donors (Lipinski definition) is 7. The molecule has 8 atom stereocenters. The summed E-state index contributed by atoms with van der Waals surface area (Å²) < 4.78 is 47.6. The Morgan fingerprint density at radius 3 is 1.50 bits per heavy atom. The van der Waals surface area contributed by atoms with Crippen molar-refractivity contribution in [2.24, 2.45) is 0 Å². The van der Waals surface area contributed by atoms with Crippen molar-refractivity contribution in [3.8, 4) is 0 Å². The van der Waals surface area contributed by atoms with E-state index in [1.54, 1.807) is 6.08 Å². The molecule has 64 heavy (non-hydrogen) atoms. The number of ether oxygens (including phenoxy) is 2.